The molecule has 1 amide bonds. The second-order valence-corrected chi connectivity index (χ2v) is 4.32. The van der Waals surface area contributed by atoms with Crippen LogP contribution in [0.2, 0.25) is 5.02 Å². The SMILES string of the molecule is CC(C)OCCNC(=O)c1ccc(N)cc1Cl.Cl. The lowest BCUT2D eigenvalue weighted by molar-refractivity contribution is 0.0746. The Kier molecular flexibility index (Phi) is 7.75. The molecule has 18 heavy (non-hydrogen) atoms. The van der Waals surface area contributed by atoms with Crippen molar-refractivity contribution in [1.29, 1.82) is 0 Å². The highest BCUT2D eigenvalue weighted by Crippen LogP contribution is 2.18. The summed E-state index contributed by atoms with van der Waals surface area (Å²) >= 11 is 5.92. The summed E-state index contributed by atoms with van der Waals surface area (Å²) in [4.78, 5) is 11.7. The van der Waals surface area contributed by atoms with Crippen molar-refractivity contribution in [2.24, 2.45) is 0 Å². The molecule has 0 saturated heterocycles. The summed E-state index contributed by atoms with van der Waals surface area (Å²) in [6.45, 7) is 4.82. The molecular formula is C12H18Cl2N2O2. The molecule has 0 aliphatic heterocycles. The number of anilines is 1. The van der Waals surface area contributed by atoms with Crippen molar-refractivity contribution in [2.75, 3.05) is 18.9 Å². The summed E-state index contributed by atoms with van der Waals surface area (Å²) in [7, 11) is 0. The van der Waals surface area contributed by atoms with Gasteiger partial charge in [-0.05, 0) is 32.0 Å². The molecule has 0 saturated carbocycles. The predicted molar refractivity (Wildman–Crippen MR) is 76.5 cm³/mol. The lowest BCUT2D eigenvalue weighted by Crippen LogP contribution is -2.28. The van der Waals surface area contributed by atoms with Crippen LogP contribution in [0.25, 0.3) is 0 Å². The largest absolute Gasteiger partial charge is 0.399 e. The first-order valence-corrected chi connectivity index (χ1v) is 5.83. The number of halogens is 2. The van der Waals surface area contributed by atoms with E-state index in [2.05, 4.69) is 5.32 Å². The minimum absolute atomic E-state index is 0. The van der Waals surface area contributed by atoms with Gasteiger partial charge < -0.3 is 15.8 Å². The Morgan fingerprint density at radius 3 is 2.72 bits per heavy atom. The number of hydrogen-bond acceptors (Lipinski definition) is 3. The molecule has 4 nitrogen and oxygen atoms in total. The number of nitrogens with one attached hydrogen (secondary N) is 1. The van der Waals surface area contributed by atoms with Gasteiger partial charge in [-0.25, -0.2) is 0 Å². The molecule has 0 atom stereocenters. The van der Waals surface area contributed by atoms with E-state index in [0.717, 1.165) is 0 Å². The Hall–Kier alpha value is -0.970. The number of ether oxygens (including phenoxy) is 1. The summed E-state index contributed by atoms with van der Waals surface area (Å²) in [5.41, 5.74) is 6.50. The van der Waals surface area contributed by atoms with Crippen LogP contribution in [0.4, 0.5) is 5.69 Å². The fourth-order valence-electron chi connectivity index (χ4n) is 1.27. The van der Waals surface area contributed by atoms with Crippen LogP contribution in [0.15, 0.2) is 18.2 Å². The summed E-state index contributed by atoms with van der Waals surface area (Å²) in [6, 6.07) is 4.81. The van der Waals surface area contributed by atoms with E-state index in [0.29, 0.717) is 29.4 Å². The van der Waals surface area contributed by atoms with Gasteiger partial charge >= 0.3 is 0 Å². The standard InChI is InChI=1S/C12H17ClN2O2.ClH/c1-8(2)17-6-5-15-12(16)10-4-3-9(14)7-11(10)13;/h3-4,7-8H,5-6,14H2,1-2H3,(H,15,16);1H. The number of hydrogen-bond donors (Lipinski definition) is 2. The van der Waals surface area contributed by atoms with Gasteiger partial charge in [-0.3, -0.25) is 4.79 Å². The molecule has 1 aromatic rings. The van der Waals surface area contributed by atoms with E-state index in [1.807, 2.05) is 13.8 Å². The Bertz CT molecular complexity index is 398. The Morgan fingerprint density at radius 1 is 1.50 bits per heavy atom. The normalized spacial score (nSPS) is 10.0. The molecule has 0 fully saturated rings. The summed E-state index contributed by atoms with van der Waals surface area (Å²) in [5, 5.41) is 3.08. The summed E-state index contributed by atoms with van der Waals surface area (Å²) in [5.74, 6) is -0.220. The molecule has 0 aliphatic carbocycles. The van der Waals surface area contributed by atoms with E-state index in [1.165, 1.54) is 0 Å². The number of benzene rings is 1. The van der Waals surface area contributed by atoms with Gasteiger partial charge in [-0.1, -0.05) is 11.6 Å². The van der Waals surface area contributed by atoms with Crippen molar-refractivity contribution >= 4 is 35.6 Å². The van der Waals surface area contributed by atoms with Crippen LogP contribution >= 0.6 is 24.0 Å². The third kappa shape index (κ3) is 5.58. The predicted octanol–water partition coefficient (Wildman–Crippen LogP) is 2.50. The molecule has 3 N–H and O–H groups in total. The number of carbonyl (C=O) groups is 1. The van der Waals surface area contributed by atoms with Crippen molar-refractivity contribution in [3.8, 4) is 0 Å². The zero-order chi connectivity index (χ0) is 12.8. The van der Waals surface area contributed by atoms with Gasteiger partial charge in [-0.2, -0.15) is 0 Å². The maximum absolute atomic E-state index is 11.7. The van der Waals surface area contributed by atoms with Gasteiger partial charge in [0.1, 0.15) is 0 Å². The smallest absolute Gasteiger partial charge is 0.252 e. The molecule has 0 heterocycles. The zero-order valence-corrected chi connectivity index (χ0v) is 12.0. The zero-order valence-electron chi connectivity index (χ0n) is 10.4. The van der Waals surface area contributed by atoms with E-state index in [4.69, 9.17) is 22.1 Å². The number of amides is 1. The number of rotatable bonds is 5. The molecule has 1 aromatic carbocycles. The molecule has 6 heteroatoms. The van der Waals surface area contributed by atoms with E-state index >= 15 is 0 Å². The Balaban J connectivity index is 0.00000289. The first kappa shape index (κ1) is 17.0. The van der Waals surface area contributed by atoms with Crippen LogP contribution in [-0.4, -0.2) is 25.2 Å². The Labute approximate surface area is 118 Å². The summed E-state index contributed by atoms with van der Waals surface area (Å²) in [6.07, 6.45) is 0.159. The summed E-state index contributed by atoms with van der Waals surface area (Å²) < 4.78 is 5.31. The van der Waals surface area contributed by atoms with Crippen LogP contribution in [0.5, 0.6) is 0 Å². The quantitative estimate of drug-likeness (QED) is 0.647. The minimum atomic E-state index is -0.220. The van der Waals surface area contributed by atoms with Crippen molar-refractivity contribution in [1.82, 2.24) is 5.32 Å². The molecular weight excluding hydrogens is 275 g/mol. The van der Waals surface area contributed by atoms with Crippen LogP contribution in [-0.2, 0) is 4.74 Å². The second kappa shape index (κ2) is 8.19. The number of nitrogens with two attached hydrogens (primary N) is 1. The molecule has 0 bridgehead atoms. The van der Waals surface area contributed by atoms with Crippen molar-refractivity contribution < 1.29 is 9.53 Å². The monoisotopic (exact) mass is 292 g/mol. The van der Waals surface area contributed by atoms with Gasteiger partial charge in [0.05, 0.1) is 23.3 Å². The highest BCUT2D eigenvalue weighted by atomic mass is 35.5. The lowest BCUT2D eigenvalue weighted by Gasteiger charge is -2.09. The Morgan fingerprint density at radius 2 is 2.17 bits per heavy atom. The fraction of sp³-hybridized carbons (Fsp3) is 0.417. The van der Waals surface area contributed by atoms with Gasteiger partial charge in [0.2, 0.25) is 0 Å². The third-order valence-corrected chi connectivity index (χ3v) is 2.39. The number of nitrogen functional groups attached to an aromatic ring is 1. The van der Waals surface area contributed by atoms with E-state index in [1.54, 1.807) is 18.2 Å². The van der Waals surface area contributed by atoms with Gasteiger partial charge in [0, 0.05) is 12.2 Å². The fourth-order valence-corrected chi connectivity index (χ4v) is 1.54. The molecule has 0 unspecified atom stereocenters. The molecule has 102 valence electrons. The molecule has 0 aliphatic rings. The van der Waals surface area contributed by atoms with E-state index < -0.39 is 0 Å². The van der Waals surface area contributed by atoms with E-state index in [-0.39, 0.29) is 24.4 Å². The van der Waals surface area contributed by atoms with Gasteiger partial charge in [0.15, 0.2) is 0 Å². The first-order chi connectivity index (χ1) is 8.00. The lowest BCUT2D eigenvalue weighted by atomic mass is 10.2. The molecule has 0 spiro atoms. The van der Waals surface area contributed by atoms with Crippen LogP contribution in [0, 0.1) is 0 Å². The maximum Gasteiger partial charge on any atom is 0.252 e. The van der Waals surface area contributed by atoms with Gasteiger partial charge in [-0.15, -0.1) is 12.4 Å². The van der Waals surface area contributed by atoms with Gasteiger partial charge in [0.25, 0.3) is 5.91 Å². The molecule has 0 aromatic heterocycles. The average Bonchev–Trinajstić information content (AvgIpc) is 2.23. The van der Waals surface area contributed by atoms with Crippen molar-refractivity contribution in [3.63, 3.8) is 0 Å². The maximum atomic E-state index is 11.7. The topological polar surface area (TPSA) is 64.3 Å². The number of carbonyl (C=O) groups excluding carboxylic acids is 1. The van der Waals surface area contributed by atoms with E-state index in [9.17, 15) is 4.79 Å². The molecule has 1 rings (SSSR count). The van der Waals surface area contributed by atoms with Crippen LogP contribution < -0.4 is 11.1 Å². The van der Waals surface area contributed by atoms with Crippen molar-refractivity contribution in [2.45, 2.75) is 20.0 Å². The average molecular weight is 293 g/mol. The van der Waals surface area contributed by atoms with Crippen molar-refractivity contribution in [3.05, 3.63) is 28.8 Å². The molecule has 0 radical (unpaired) electrons. The highest BCUT2D eigenvalue weighted by molar-refractivity contribution is 6.34. The van der Waals surface area contributed by atoms with Crippen LogP contribution in [0.3, 0.4) is 0 Å². The third-order valence-electron chi connectivity index (χ3n) is 2.08. The van der Waals surface area contributed by atoms with Crippen LogP contribution in [0.1, 0.15) is 24.2 Å². The minimum Gasteiger partial charge on any atom is -0.399 e. The first-order valence-electron chi connectivity index (χ1n) is 5.45. The second-order valence-electron chi connectivity index (χ2n) is 3.91. The highest BCUT2D eigenvalue weighted by Gasteiger charge is 2.09.